The van der Waals surface area contributed by atoms with Crippen molar-refractivity contribution in [2.45, 2.75) is 19.8 Å². The average molecular weight is 326 g/mol. The van der Waals surface area contributed by atoms with Crippen molar-refractivity contribution in [1.29, 1.82) is 0 Å². The fourth-order valence-corrected chi connectivity index (χ4v) is 2.87. The molecular weight excluding hydrogens is 307 g/mol. The number of carbonyl (C=O) groups is 2. The van der Waals surface area contributed by atoms with Crippen LogP contribution in [-0.2, 0) is 0 Å². The van der Waals surface area contributed by atoms with Gasteiger partial charge in [-0.1, -0.05) is 12.1 Å². The van der Waals surface area contributed by atoms with Gasteiger partial charge in [-0.15, -0.1) is 0 Å². The lowest BCUT2D eigenvalue weighted by Gasteiger charge is -2.16. The van der Waals surface area contributed by atoms with Crippen LogP contribution in [0, 0.1) is 12.7 Å². The molecule has 2 amide bonds. The second kappa shape index (κ2) is 6.83. The minimum absolute atomic E-state index is 0.0227. The number of aryl methyl sites for hydroxylation is 1. The van der Waals surface area contributed by atoms with Crippen molar-refractivity contribution in [3.8, 4) is 0 Å². The number of nitrogens with zero attached hydrogens (tertiary/aromatic N) is 1. The summed E-state index contributed by atoms with van der Waals surface area (Å²) in [7, 11) is 0. The summed E-state index contributed by atoms with van der Waals surface area (Å²) < 4.78 is 13.4. The van der Waals surface area contributed by atoms with Gasteiger partial charge in [-0.05, 0) is 55.7 Å². The molecule has 0 radical (unpaired) electrons. The van der Waals surface area contributed by atoms with Gasteiger partial charge in [-0.25, -0.2) is 4.39 Å². The first-order valence-electron chi connectivity index (χ1n) is 8.01. The number of halogens is 1. The zero-order valence-corrected chi connectivity index (χ0v) is 13.5. The Labute approximate surface area is 140 Å². The highest BCUT2D eigenvalue weighted by Gasteiger charge is 2.20. The predicted octanol–water partition coefficient (Wildman–Crippen LogP) is 3.62. The van der Waals surface area contributed by atoms with E-state index in [2.05, 4.69) is 5.32 Å². The van der Waals surface area contributed by atoms with Crippen molar-refractivity contribution in [2.24, 2.45) is 0 Å². The number of rotatable bonds is 3. The van der Waals surface area contributed by atoms with Gasteiger partial charge in [-0.3, -0.25) is 9.59 Å². The van der Waals surface area contributed by atoms with Gasteiger partial charge < -0.3 is 10.2 Å². The topological polar surface area (TPSA) is 49.4 Å². The molecule has 1 aliphatic heterocycles. The summed E-state index contributed by atoms with van der Waals surface area (Å²) >= 11 is 0. The first-order valence-corrected chi connectivity index (χ1v) is 8.01. The number of anilines is 1. The molecule has 0 spiro atoms. The Morgan fingerprint density at radius 1 is 1.08 bits per heavy atom. The summed E-state index contributed by atoms with van der Waals surface area (Å²) in [6.07, 6.45) is 2.06. The van der Waals surface area contributed by atoms with Crippen LogP contribution in [0.2, 0.25) is 0 Å². The predicted molar refractivity (Wildman–Crippen MR) is 90.7 cm³/mol. The fraction of sp³-hybridized carbons (Fsp3) is 0.263. The van der Waals surface area contributed by atoms with E-state index in [0.29, 0.717) is 16.8 Å². The largest absolute Gasteiger partial charge is 0.339 e. The van der Waals surface area contributed by atoms with Crippen molar-refractivity contribution in [3.63, 3.8) is 0 Å². The third-order valence-corrected chi connectivity index (χ3v) is 4.20. The van der Waals surface area contributed by atoms with Crippen molar-refractivity contribution in [3.05, 3.63) is 65.0 Å². The van der Waals surface area contributed by atoms with E-state index in [1.54, 1.807) is 37.3 Å². The molecule has 2 aromatic rings. The lowest BCUT2D eigenvalue weighted by Crippen LogP contribution is -2.27. The van der Waals surface area contributed by atoms with E-state index in [1.165, 1.54) is 12.1 Å². The van der Waals surface area contributed by atoms with Gasteiger partial charge in [0.25, 0.3) is 11.8 Å². The van der Waals surface area contributed by atoms with Gasteiger partial charge >= 0.3 is 0 Å². The Balaban J connectivity index is 1.78. The van der Waals surface area contributed by atoms with Crippen LogP contribution >= 0.6 is 0 Å². The van der Waals surface area contributed by atoms with E-state index in [4.69, 9.17) is 0 Å². The highest BCUT2D eigenvalue weighted by Crippen LogP contribution is 2.18. The highest BCUT2D eigenvalue weighted by molar-refractivity contribution is 6.06. The van der Waals surface area contributed by atoms with E-state index < -0.39 is 11.7 Å². The van der Waals surface area contributed by atoms with Crippen LogP contribution in [0.5, 0.6) is 0 Å². The number of amides is 2. The minimum Gasteiger partial charge on any atom is -0.339 e. The van der Waals surface area contributed by atoms with Gasteiger partial charge in [0.05, 0.1) is 0 Å². The van der Waals surface area contributed by atoms with Crippen molar-refractivity contribution >= 4 is 17.5 Å². The van der Waals surface area contributed by atoms with Gasteiger partial charge in [0.1, 0.15) is 5.82 Å². The molecule has 0 atom stereocenters. The number of benzene rings is 2. The minimum atomic E-state index is -0.455. The van der Waals surface area contributed by atoms with Crippen LogP contribution in [0.4, 0.5) is 10.1 Å². The highest BCUT2D eigenvalue weighted by atomic mass is 19.1. The summed E-state index contributed by atoms with van der Waals surface area (Å²) in [5.74, 6) is -0.869. The summed E-state index contributed by atoms with van der Waals surface area (Å²) in [4.78, 5) is 26.6. The van der Waals surface area contributed by atoms with Gasteiger partial charge in [0.15, 0.2) is 0 Å². The Bertz CT molecular complexity index is 783. The molecule has 0 bridgehead atoms. The molecule has 1 fully saturated rings. The molecule has 0 aromatic heterocycles. The Morgan fingerprint density at radius 2 is 1.83 bits per heavy atom. The van der Waals surface area contributed by atoms with E-state index in [9.17, 15) is 14.0 Å². The molecule has 2 aromatic carbocycles. The first kappa shape index (κ1) is 16.2. The maximum Gasteiger partial charge on any atom is 0.256 e. The zero-order valence-electron chi connectivity index (χ0n) is 13.5. The molecule has 0 aliphatic carbocycles. The van der Waals surface area contributed by atoms with E-state index in [0.717, 1.165) is 25.9 Å². The normalized spacial score (nSPS) is 13.8. The first-order chi connectivity index (χ1) is 11.5. The molecule has 0 saturated carbocycles. The summed E-state index contributed by atoms with van der Waals surface area (Å²) in [5, 5.41) is 2.74. The number of hydrogen-bond acceptors (Lipinski definition) is 2. The second-order valence-corrected chi connectivity index (χ2v) is 5.99. The molecule has 5 heteroatoms. The van der Waals surface area contributed by atoms with Crippen LogP contribution in [0.1, 0.15) is 39.1 Å². The third-order valence-electron chi connectivity index (χ3n) is 4.20. The smallest absolute Gasteiger partial charge is 0.256 e. The number of carbonyl (C=O) groups excluding carboxylic acids is 2. The molecular formula is C19H19FN2O2. The molecule has 4 nitrogen and oxygen atoms in total. The third kappa shape index (κ3) is 3.45. The molecule has 1 heterocycles. The summed E-state index contributed by atoms with van der Waals surface area (Å²) in [5.41, 5.74) is 2.05. The number of hydrogen-bond donors (Lipinski definition) is 1. The van der Waals surface area contributed by atoms with Crippen LogP contribution in [-0.4, -0.2) is 29.8 Å². The lowest BCUT2D eigenvalue weighted by atomic mass is 10.1. The van der Waals surface area contributed by atoms with Crippen LogP contribution in [0.3, 0.4) is 0 Å². The van der Waals surface area contributed by atoms with Gasteiger partial charge in [-0.2, -0.15) is 0 Å². The maximum absolute atomic E-state index is 13.4. The quantitative estimate of drug-likeness (QED) is 0.936. The monoisotopic (exact) mass is 326 g/mol. The number of nitrogens with one attached hydrogen (secondary N) is 1. The summed E-state index contributed by atoms with van der Waals surface area (Å²) in [6, 6.07) is 10.9. The summed E-state index contributed by atoms with van der Waals surface area (Å²) in [6.45, 7) is 3.30. The maximum atomic E-state index is 13.4. The second-order valence-electron chi connectivity index (χ2n) is 5.99. The van der Waals surface area contributed by atoms with Crippen LogP contribution in [0.25, 0.3) is 0 Å². The Hall–Kier alpha value is -2.69. The standard InChI is InChI=1S/C19H19FN2O2/c1-13-7-8-15(20)12-17(13)18(23)21-16-6-4-5-14(11-16)19(24)22-9-2-3-10-22/h4-8,11-12H,2-3,9-10H2,1H3,(H,21,23). The van der Waals surface area contributed by atoms with Crippen molar-refractivity contribution < 1.29 is 14.0 Å². The molecule has 1 aliphatic rings. The molecule has 3 rings (SSSR count). The Kier molecular flexibility index (Phi) is 4.60. The van der Waals surface area contributed by atoms with Gasteiger partial charge in [0.2, 0.25) is 0 Å². The van der Waals surface area contributed by atoms with Crippen molar-refractivity contribution in [2.75, 3.05) is 18.4 Å². The fourth-order valence-electron chi connectivity index (χ4n) is 2.87. The Morgan fingerprint density at radius 3 is 2.58 bits per heavy atom. The van der Waals surface area contributed by atoms with Crippen LogP contribution in [0.15, 0.2) is 42.5 Å². The zero-order chi connectivity index (χ0) is 17.1. The van der Waals surface area contributed by atoms with E-state index >= 15 is 0 Å². The number of likely N-dealkylation sites (tertiary alicyclic amines) is 1. The molecule has 124 valence electrons. The van der Waals surface area contributed by atoms with E-state index in [-0.39, 0.29) is 11.5 Å². The van der Waals surface area contributed by atoms with Crippen molar-refractivity contribution in [1.82, 2.24) is 4.90 Å². The van der Waals surface area contributed by atoms with Crippen LogP contribution < -0.4 is 5.32 Å². The van der Waals surface area contributed by atoms with Gasteiger partial charge in [0, 0.05) is 29.9 Å². The lowest BCUT2D eigenvalue weighted by molar-refractivity contribution is 0.0792. The SMILES string of the molecule is Cc1ccc(F)cc1C(=O)Nc1cccc(C(=O)N2CCCC2)c1. The average Bonchev–Trinajstić information content (AvgIpc) is 3.11. The molecule has 24 heavy (non-hydrogen) atoms. The molecule has 0 unspecified atom stereocenters. The van der Waals surface area contributed by atoms with E-state index in [1.807, 2.05) is 4.90 Å². The molecule has 1 N–H and O–H groups in total. The molecule has 1 saturated heterocycles.